The van der Waals surface area contributed by atoms with E-state index in [2.05, 4.69) is 21.9 Å². The lowest BCUT2D eigenvalue weighted by atomic mass is 10.1. The van der Waals surface area contributed by atoms with Gasteiger partial charge in [0.1, 0.15) is 0 Å². The minimum absolute atomic E-state index is 0.0760. The molecule has 1 aliphatic rings. The van der Waals surface area contributed by atoms with E-state index in [1.807, 2.05) is 18.2 Å². The molecule has 2 amide bonds. The molecule has 0 heterocycles. The van der Waals surface area contributed by atoms with Crippen LogP contribution < -0.4 is 16.0 Å². The first kappa shape index (κ1) is 16.6. The minimum Gasteiger partial charge on any atom is -0.376 e. The number of hydrogen-bond acceptors (Lipinski definition) is 3. The predicted octanol–water partition coefficient (Wildman–Crippen LogP) is 2.61. The molecule has 0 spiro atoms. The number of benzene rings is 2. The van der Waals surface area contributed by atoms with Crippen molar-refractivity contribution < 1.29 is 9.59 Å². The summed E-state index contributed by atoms with van der Waals surface area (Å²) in [5.74, 6) is 2.15. The lowest BCUT2D eigenvalue weighted by Gasteiger charge is -2.12. The molecular weight excluding hydrogens is 314 g/mol. The fraction of sp³-hybridized carbons (Fsp3) is 0.200. The number of amides is 2. The Kier molecular flexibility index (Phi) is 5.00. The number of carbonyl (C=O) groups excluding carboxylic acids is 2. The van der Waals surface area contributed by atoms with E-state index in [-0.39, 0.29) is 24.4 Å². The molecule has 0 atom stereocenters. The van der Waals surface area contributed by atoms with Crippen LogP contribution in [0.25, 0.3) is 0 Å². The number of carbonyl (C=O) groups is 2. The Morgan fingerprint density at radius 1 is 1.12 bits per heavy atom. The zero-order chi connectivity index (χ0) is 17.6. The smallest absolute Gasteiger partial charge is 0.253 e. The van der Waals surface area contributed by atoms with Crippen LogP contribution in [0.4, 0.5) is 11.4 Å². The monoisotopic (exact) mass is 333 g/mol. The maximum atomic E-state index is 12.3. The van der Waals surface area contributed by atoms with Gasteiger partial charge in [-0.3, -0.25) is 9.59 Å². The molecular formula is C20H19N3O2. The summed E-state index contributed by atoms with van der Waals surface area (Å²) in [4.78, 5) is 24.5. The Morgan fingerprint density at radius 3 is 2.68 bits per heavy atom. The first-order chi connectivity index (χ1) is 12.2. The third-order valence-corrected chi connectivity index (χ3v) is 3.84. The van der Waals surface area contributed by atoms with Crippen LogP contribution in [0, 0.1) is 12.3 Å². The second-order valence-corrected chi connectivity index (χ2v) is 5.92. The highest BCUT2D eigenvalue weighted by Gasteiger charge is 2.24. The van der Waals surface area contributed by atoms with E-state index in [9.17, 15) is 9.59 Å². The van der Waals surface area contributed by atoms with Gasteiger partial charge in [0.15, 0.2) is 0 Å². The average Bonchev–Trinajstić information content (AvgIpc) is 3.44. The fourth-order valence-corrected chi connectivity index (χ4v) is 2.38. The van der Waals surface area contributed by atoms with E-state index in [0.717, 1.165) is 24.1 Å². The number of anilines is 2. The molecule has 1 aliphatic carbocycles. The molecule has 3 N–H and O–H groups in total. The van der Waals surface area contributed by atoms with E-state index in [0.29, 0.717) is 11.3 Å². The van der Waals surface area contributed by atoms with Crippen molar-refractivity contribution in [1.29, 1.82) is 0 Å². The molecule has 0 aliphatic heterocycles. The predicted molar refractivity (Wildman–Crippen MR) is 98.4 cm³/mol. The molecule has 2 aromatic carbocycles. The second kappa shape index (κ2) is 7.54. The van der Waals surface area contributed by atoms with Gasteiger partial charge in [-0.1, -0.05) is 24.1 Å². The maximum Gasteiger partial charge on any atom is 0.253 e. The van der Waals surface area contributed by atoms with Gasteiger partial charge in [-0.15, -0.1) is 6.42 Å². The van der Waals surface area contributed by atoms with Gasteiger partial charge in [-0.2, -0.15) is 0 Å². The standard InChI is InChI=1S/C20H19N3O2/c1-2-14-6-5-7-16(12-14)21-13-19(24)23-18-9-4-3-8-17(18)20(25)22-15-10-11-15/h1,3-9,12,15,21H,10-11,13H2,(H,22,25)(H,23,24). The zero-order valence-corrected chi connectivity index (χ0v) is 13.7. The van der Waals surface area contributed by atoms with Gasteiger partial charge in [-0.25, -0.2) is 0 Å². The van der Waals surface area contributed by atoms with E-state index in [1.54, 1.807) is 30.3 Å². The van der Waals surface area contributed by atoms with E-state index < -0.39 is 0 Å². The summed E-state index contributed by atoms with van der Waals surface area (Å²) in [6.45, 7) is 0.0760. The topological polar surface area (TPSA) is 70.2 Å². The third kappa shape index (κ3) is 4.61. The van der Waals surface area contributed by atoms with Gasteiger partial charge in [0.2, 0.25) is 5.91 Å². The van der Waals surface area contributed by atoms with Crippen LogP contribution in [0.1, 0.15) is 28.8 Å². The summed E-state index contributed by atoms with van der Waals surface area (Å²) in [6.07, 6.45) is 7.40. The van der Waals surface area contributed by atoms with Crippen molar-refractivity contribution >= 4 is 23.2 Å². The molecule has 0 unspecified atom stereocenters. The van der Waals surface area contributed by atoms with Crippen LogP contribution in [-0.2, 0) is 4.79 Å². The highest BCUT2D eigenvalue weighted by molar-refractivity contribution is 6.04. The largest absolute Gasteiger partial charge is 0.376 e. The second-order valence-electron chi connectivity index (χ2n) is 5.92. The quantitative estimate of drug-likeness (QED) is 0.712. The summed E-state index contributed by atoms with van der Waals surface area (Å²) in [5, 5.41) is 8.73. The minimum atomic E-state index is -0.238. The summed E-state index contributed by atoms with van der Waals surface area (Å²) in [7, 11) is 0. The Balaban J connectivity index is 1.60. The van der Waals surface area contributed by atoms with Crippen LogP contribution in [0.3, 0.4) is 0 Å². The number of nitrogens with one attached hydrogen (secondary N) is 3. The SMILES string of the molecule is C#Cc1cccc(NCC(=O)Nc2ccccc2C(=O)NC2CC2)c1. The third-order valence-electron chi connectivity index (χ3n) is 3.84. The molecule has 25 heavy (non-hydrogen) atoms. The number of terminal acetylenes is 1. The van der Waals surface area contributed by atoms with Gasteiger partial charge in [0.25, 0.3) is 5.91 Å². The Labute approximate surface area is 146 Å². The van der Waals surface area contributed by atoms with Crippen molar-refractivity contribution in [2.75, 3.05) is 17.2 Å². The van der Waals surface area contributed by atoms with Crippen LogP contribution in [0.2, 0.25) is 0 Å². The van der Waals surface area contributed by atoms with Crippen molar-refractivity contribution in [2.45, 2.75) is 18.9 Å². The molecule has 0 aromatic heterocycles. The van der Waals surface area contributed by atoms with Crippen LogP contribution in [0.15, 0.2) is 48.5 Å². The summed E-state index contributed by atoms with van der Waals surface area (Å²) in [5.41, 5.74) is 2.49. The lowest BCUT2D eigenvalue weighted by molar-refractivity contribution is -0.114. The molecule has 126 valence electrons. The van der Waals surface area contributed by atoms with Crippen molar-refractivity contribution in [3.63, 3.8) is 0 Å². The summed E-state index contributed by atoms with van der Waals surface area (Å²) in [6, 6.07) is 14.5. The zero-order valence-electron chi connectivity index (χ0n) is 13.7. The molecule has 5 heteroatoms. The number of hydrogen-bond donors (Lipinski definition) is 3. The Bertz CT molecular complexity index is 835. The average molecular weight is 333 g/mol. The molecule has 1 fully saturated rings. The Morgan fingerprint density at radius 2 is 1.92 bits per heavy atom. The maximum absolute atomic E-state index is 12.3. The highest BCUT2D eigenvalue weighted by Crippen LogP contribution is 2.21. The molecule has 0 saturated heterocycles. The molecule has 2 aromatic rings. The normalized spacial score (nSPS) is 12.8. The van der Waals surface area contributed by atoms with Crippen molar-refractivity contribution in [1.82, 2.24) is 5.32 Å². The van der Waals surface area contributed by atoms with Crippen molar-refractivity contribution in [3.05, 3.63) is 59.7 Å². The number of para-hydroxylation sites is 1. The summed E-state index contributed by atoms with van der Waals surface area (Å²) < 4.78 is 0. The first-order valence-electron chi connectivity index (χ1n) is 8.16. The first-order valence-corrected chi connectivity index (χ1v) is 8.16. The van der Waals surface area contributed by atoms with Crippen LogP contribution >= 0.6 is 0 Å². The molecule has 1 saturated carbocycles. The van der Waals surface area contributed by atoms with E-state index in [4.69, 9.17) is 6.42 Å². The molecule has 0 radical (unpaired) electrons. The molecule has 5 nitrogen and oxygen atoms in total. The van der Waals surface area contributed by atoms with Gasteiger partial charge >= 0.3 is 0 Å². The van der Waals surface area contributed by atoms with Gasteiger partial charge in [-0.05, 0) is 43.2 Å². The molecule has 0 bridgehead atoms. The van der Waals surface area contributed by atoms with Crippen molar-refractivity contribution in [2.24, 2.45) is 0 Å². The van der Waals surface area contributed by atoms with E-state index in [1.165, 1.54) is 0 Å². The van der Waals surface area contributed by atoms with E-state index >= 15 is 0 Å². The Hall–Kier alpha value is -3.26. The molecule has 3 rings (SSSR count). The van der Waals surface area contributed by atoms with Crippen LogP contribution in [-0.4, -0.2) is 24.4 Å². The van der Waals surface area contributed by atoms with Gasteiger partial charge in [0, 0.05) is 17.3 Å². The van der Waals surface area contributed by atoms with Gasteiger partial charge < -0.3 is 16.0 Å². The fourth-order valence-electron chi connectivity index (χ4n) is 2.38. The van der Waals surface area contributed by atoms with Crippen LogP contribution in [0.5, 0.6) is 0 Å². The lowest BCUT2D eigenvalue weighted by Crippen LogP contribution is -2.28. The summed E-state index contributed by atoms with van der Waals surface area (Å²) >= 11 is 0. The van der Waals surface area contributed by atoms with Gasteiger partial charge in [0.05, 0.1) is 17.8 Å². The van der Waals surface area contributed by atoms with Crippen molar-refractivity contribution in [3.8, 4) is 12.3 Å². The number of rotatable bonds is 6. The highest BCUT2D eigenvalue weighted by atomic mass is 16.2.